The Hall–Kier alpha value is -2.60. The highest BCUT2D eigenvalue weighted by Gasteiger charge is 2.64. The second-order valence-electron chi connectivity index (χ2n) is 4.34. The van der Waals surface area contributed by atoms with Crippen LogP contribution in [0.15, 0.2) is 23.8 Å². The van der Waals surface area contributed by atoms with E-state index >= 15 is 0 Å². The summed E-state index contributed by atoms with van der Waals surface area (Å²) >= 11 is 0. The highest BCUT2D eigenvalue weighted by atomic mass is 16.5. The lowest BCUT2D eigenvalue weighted by Gasteiger charge is -2.22. The van der Waals surface area contributed by atoms with Crippen molar-refractivity contribution in [1.29, 1.82) is 21.0 Å². The van der Waals surface area contributed by atoms with E-state index in [4.69, 9.17) is 4.74 Å². The lowest BCUT2D eigenvalue weighted by Crippen LogP contribution is -2.34. The Bertz CT molecular complexity index is 589. The molecule has 1 saturated heterocycles. The van der Waals surface area contributed by atoms with Gasteiger partial charge in [-0.3, -0.25) is 0 Å². The molecule has 0 saturated carbocycles. The molecule has 0 aromatic heterocycles. The first-order valence-electron chi connectivity index (χ1n) is 5.29. The van der Waals surface area contributed by atoms with E-state index in [0.717, 1.165) is 5.57 Å². The molecule has 1 heterocycles. The Morgan fingerprint density at radius 2 is 1.50 bits per heavy atom. The van der Waals surface area contributed by atoms with Crippen LogP contribution in [-0.4, -0.2) is 11.2 Å². The lowest BCUT2D eigenvalue weighted by molar-refractivity contribution is 0.0103. The average Bonchev–Trinajstić information content (AvgIpc) is 2.69. The van der Waals surface area contributed by atoms with E-state index in [9.17, 15) is 21.0 Å². The number of nitrogens with zero attached hydrogens (tertiary/aromatic N) is 4. The second-order valence-corrected chi connectivity index (χ2v) is 4.34. The lowest BCUT2D eigenvalue weighted by atomic mass is 9.73. The molecule has 5 nitrogen and oxygen atoms in total. The van der Waals surface area contributed by atoms with E-state index in [0.29, 0.717) is 0 Å². The minimum absolute atomic E-state index is 0.600. The summed E-state index contributed by atoms with van der Waals surface area (Å²) in [5, 5.41) is 36.7. The van der Waals surface area contributed by atoms with Gasteiger partial charge in [0.15, 0.2) is 0 Å². The molecule has 0 N–H and O–H groups in total. The quantitative estimate of drug-likeness (QED) is 0.631. The standard InChI is InChI=1S/C13H8N4O/c1-9-2-3-10-11(4-9)13(7-16,8-17)18-12(10,5-14)6-15/h2-4,10-11H,1H3. The number of nitriles is 4. The zero-order valence-electron chi connectivity index (χ0n) is 9.58. The summed E-state index contributed by atoms with van der Waals surface area (Å²) in [5.41, 5.74) is -2.67. The van der Waals surface area contributed by atoms with Crippen LogP contribution in [0.25, 0.3) is 0 Å². The predicted molar refractivity (Wildman–Crippen MR) is 58.9 cm³/mol. The Labute approximate surface area is 104 Å². The van der Waals surface area contributed by atoms with Crippen LogP contribution in [0.2, 0.25) is 0 Å². The first kappa shape index (κ1) is 11.9. The zero-order valence-corrected chi connectivity index (χ0v) is 9.58. The van der Waals surface area contributed by atoms with Gasteiger partial charge < -0.3 is 4.74 Å². The zero-order chi connectivity index (χ0) is 13.4. The van der Waals surface area contributed by atoms with Gasteiger partial charge in [-0.2, -0.15) is 21.0 Å². The molecule has 2 rings (SSSR count). The molecule has 1 aliphatic heterocycles. The van der Waals surface area contributed by atoms with Gasteiger partial charge in [-0.15, -0.1) is 0 Å². The van der Waals surface area contributed by atoms with Crippen LogP contribution in [0.5, 0.6) is 0 Å². The van der Waals surface area contributed by atoms with Crippen LogP contribution in [0.3, 0.4) is 0 Å². The number of fused-ring (bicyclic) bond motifs is 1. The Morgan fingerprint density at radius 3 is 2.00 bits per heavy atom. The molecular weight excluding hydrogens is 228 g/mol. The topological polar surface area (TPSA) is 104 Å². The van der Waals surface area contributed by atoms with Gasteiger partial charge in [-0.25, -0.2) is 0 Å². The van der Waals surface area contributed by atoms with Gasteiger partial charge >= 0.3 is 0 Å². The number of allylic oxidation sites excluding steroid dienone is 2. The van der Waals surface area contributed by atoms with Crippen molar-refractivity contribution < 1.29 is 4.74 Å². The first-order chi connectivity index (χ1) is 8.57. The van der Waals surface area contributed by atoms with Gasteiger partial charge in [0.1, 0.15) is 24.3 Å². The fourth-order valence-electron chi connectivity index (χ4n) is 2.41. The molecule has 0 radical (unpaired) electrons. The maximum atomic E-state index is 9.20. The Morgan fingerprint density at radius 1 is 1.00 bits per heavy atom. The van der Waals surface area contributed by atoms with Crippen molar-refractivity contribution in [2.24, 2.45) is 11.8 Å². The van der Waals surface area contributed by atoms with Gasteiger partial charge in [0.25, 0.3) is 0 Å². The molecule has 1 fully saturated rings. The maximum absolute atomic E-state index is 9.20. The summed E-state index contributed by atoms with van der Waals surface area (Å²) in [6.45, 7) is 1.82. The fourth-order valence-corrected chi connectivity index (χ4v) is 2.41. The molecule has 2 atom stereocenters. The highest BCUT2D eigenvalue weighted by molar-refractivity contribution is 5.44. The SMILES string of the molecule is CC1=CC2C(C=C1)C(C#N)(C#N)OC2(C#N)C#N. The van der Waals surface area contributed by atoms with Gasteiger partial charge in [0, 0.05) is 11.8 Å². The summed E-state index contributed by atoms with van der Waals surface area (Å²) in [6, 6.07) is 7.21. The summed E-state index contributed by atoms with van der Waals surface area (Å²) in [6.07, 6.45) is 5.15. The van der Waals surface area contributed by atoms with Crippen molar-refractivity contribution in [2.45, 2.75) is 18.1 Å². The molecule has 0 amide bonds. The van der Waals surface area contributed by atoms with E-state index in [1.807, 2.05) is 6.92 Å². The van der Waals surface area contributed by atoms with Gasteiger partial charge in [0.2, 0.25) is 11.2 Å². The van der Waals surface area contributed by atoms with Gasteiger partial charge in [-0.05, 0) is 6.92 Å². The first-order valence-corrected chi connectivity index (χ1v) is 5.29. The molecule has 0 aromatic rings. The number of ether oxygens (including phenoxy) is 1. The fraction of sp³-hybridized carbons (Fsp3) is 0.385. The number of hydrogen-bond acceptors (Lipinski definition) is 5. The molecular formula is C13H8N4O. The summed E-state index contributed by atoms with van der Waals surface area (Å²) in [4.78, 5) is 0. The molecule has 2 unspecified atom stereocenters. The molecule has 1 aliphatic carbocycles. The van der Waals surface area contributed by atoms with Crippen molar-refractivity contribution in [3.05, 3.63) is 23.8 Å². The normalized spacial score (nSPS) is 29.9. The number of rotatable bonds is 0. The maximum Gasteiger partial charge on any atom is 0.250 e. The van der Waals surface area contributed by atoms with Crippen molar-refractivity contribution in [3.63, 3.8) is 0 Å². The van der Waals surface area contributed by atoms with Crippen LogP contribution in [0.1, 0.15) is 6.92 Å². The minimum Gasteiger partial charge on any atom is -0.312 e. The molecule has 0 spiro atoms. The highest BCUT2D eigenvalue weighted by Crippen LogP contribution is 2.49. The van der Waals surface area contributed by atoms with Crippen molar-refractivity contribution >= 4 is 0 Å². The monoisotopic (exact) mass is 236 g/mol. The molecule has 18 heavy (non-hydrogen) atoms. The van der Waals surface area contributed by atoms with Crippen LogP contribution >= 0.6 is 0 Å². The van der Waals surface area contributed by atoms with Crippen LogP contribution in [-0.2, 0) is 4.74 Å². The Balaban J connectivity index is 2.65. The van der Waals surface area contributed by atoms with E-state index in [-0.39, 0.29) is 0 Å². The molecule has 0 aromatic carbocycles. The minimum atomic E-state index is -1.78. The van der Waals surface area contributed by atoms with Crippen molar-refractivity contribution in [3.8, 4) is 24.3 Å². The predicted octanol–water partition coefficient (Wildman–Crippen LogP) is 1.34. The third-order valence-corrected chi connectivity index (χ3v) is 3.32. The Kier molecular flexibility index (Phi) is 2.45. The summed E-state index contributed by atoms with van der Waals surface area (Å²) in [5.74, 6) is -1.20. The summed E-state index contributed by atoms with van der Waals surface area (Å²) < 4.78 is 5.29. The third kappa shape index (κ3) is 1.26. The summed E-state index contributed by atoms with van der Waals surface area (Å²) in [7, 11) is 0. The third-order valence-electron chi connectivity index (χ3n) is 3.32. The van der Waals surface area contributed by atoms with Crippen molar-refractivity contribution in [2.75, 3.05) is 0 Å². The van der Waals surface area contributed by atoms with Crippen LogP contribution in [0.4, 0.5) is 0 Å². The smallest absolute Gasteiger partial charge is 0.250 e. The van der Waals surface area contributed by atoms with E-state index in [1.165, 1.54) is 0 Å². The van der Waals surface area contributed by atoms with Crippen molar-refractivity contribution in [1.82, 2.24) is 0 Å². The average molecular weight is 236 g/mol. The molecule has 5 heteroatoms. The van der Waals surface area contributed by atoms with Crippen LogP contribution < -0.4 is 0 Å². The largest absolute Gasteiger partial charge is 0.312 e. The molecule has 0 bridgehead atoms. The van der Waals surface area contributed by atoms with E-state index < -0.39 is 23.0 Å². The van der Waals surface area contributed by atoms with E-state index in [1.54, 1.807) is 42.5 Å². The van der Waals surface area contributed by atoms with Crippen LogP contribution in [0, 0.1) is 57.2 Å². The molecule has 2 aliphatic rings. The molecule has 86 valence electrons. The van der Waals surface area contributed by atoms with Gasteiger partial charge in [-0.1, -0.05) is 23.8 Å². The second kappa shape index (κ2) is 3.71. The number of hydrogen-bond donors (Lipinski definition) is 0. The van der Waals surface area contributed by atoms with Gasteiger partial charge in [0.05, 0.1) is 0 Å². The van der Waals surface area contributed by atoms with E-state index in [2.05, 4.69) is 0 Å².